The van der Waals surface area contributed by atoms with Crippen molar-refractivity contribution in [1.82, 2.24) is 15.1 Å². The van der Waals surface area contributed by atoms with Crippen molar-refractivity contribution in [1.29, 1.82) is 0 Å². The molecule has 0 aliphatic carbocycles. The average molecular weight is 229 g/mol. The molecule has 3 rings (SSSR count). The van der Waals surface area contributed by atoms with Crippen LogP contribution in [0.5, 0.6) is 0 Å². The number of aliphatic hydroxyl groups is 1. The van der Waals surface area contributed by atoms with Gasteiger partial charge in [-0.3, -0.25) is 0 Å². The fourth-order valence-corrected chi connectivity index (χ4v) is 2.18. The van der Waals surface area contributed by atoms with Gasteiger partial charge in [-0.05, 0) is 24.6 Å². The van der Waals surface area contributed by atoms with Crippen molar-refractivity contribution in [2.75, 3.05) is 6.54 Å². The van der Waals surface area contributed by atoms with Crippen LogP contribution in [0, 0.1) is 6.92 Å². The Kier molecular flexibility index (Phi) is 2.46. The Morgan fingerprint density at radius 3 is 3.12 bits per heavy atom. The average Bonchev–Trinajstić information content (AvgIpc) is 2.74. The zero-order valence-electron chi connectivity index (χ0n) is 9.72. The monoisotopic (exact) mass is 229 g/mol. The van der Waals surface area contributed by atoms with E-state index < -0.39 is 6.10 Å². The van der Waals surface area contributed by atoms with Crippen molar-refractivity contribution in [2.24, 2.45) is 0 Å². The summed E-state index contributed by atoms with van der Waals surface area (Å²) < 4.78 is 1.84. The lowest BCUT2D eigenvalue weighted by Crippen LogP contribution is -2.27. The molecule has 1 atom stereocenters. The summed E-state index contributed by atoms with van der Waals surface area (Å²) in [7, 11) is 0. The number of aromatic nitrogens is 2. The quantitative estimate of drug-likeness (QED) is 0.775. The molecule has 2 aromatic rings. The number of hydrogen-bond acceptors (Lipinski definition) is 3. The summed E-state index contributed by atoms with van der Waals surface area (Å²) in [5, 5.41) is 17.5. The van der Waals surface area contributed by atoms with E-state index in [4.69, 9.17) is 0 Å². The molecule has 1 unspecified atom stereocenters. The van der Waals surface area contributed by atoms with Crippen molar-refractivity contribution in [3.8, 4) is 5.69 Å². The number of β-amino-alcohol motifs (C(OH)–C–C–N with tert-alkyl or cyclic N) is 1. The highest BCUT2D eigenvalue weighted by Gasteiger charge is 2.21. The van der Waals surface area contributed by atoms with Crippen LogP contribution in [0.2, 0.25) is 0 Å². The number of aliphatic hydroxyl groups excluding tert-OH is 1. The van der Waals surface area contributed by atoms with Crippen molar-refractivity contribution < 1.29 is 5.11 Å². The van der Waals surface area contributed by atoms with Gasteiger partial charge in [0, 0.05) is 24.8 Å². The first-order chi connectivity index (χ1) is 8.24. The number of benzene rings is 1. The molecular weight excluding hydrogens is 214 g/mol. The van der Waals surface area contributed by atoms with E-state index >= 15 is 0 Å². The van der Waals surface area contributed by atoms with Gasteiger partial charge in [-0.15, -0.1) is 0 Å². The number of nitrogens with zero attached hydrogens (tertiary/aromatic N) is 2. The second-order valence-corrected chi connectivity index (χ2v) is 4.46. The highest BCUT2D eigenvalue weighted by atomic mass is 16.3. The second-order valence-electron chi connectivity index (χ2n) is 4.46. The first kappa shape index (κ1) is 10.5. The fraction of sp³-hybridized carbons (Fsp3) is 0.308. The largest absolute Gasteiger partial charge is 0.387 e. The van der Waals surface area contributed by atoms with Crippen molar-refractivity contribution in [2.45, 2.75) is 19.6 Å². The van der Waals surface area contributed by atoms with Gasteiger partial charge >= 0.3 is 0 Å². The van der Waals surface area contributed by atoms with Crippen LogP contribution >= 0.6 is 0 Å². The van der Waals surface area contributed by atoms with E-state index in [1.165, 1.54) is 5.56 Å². The van der Waals surface area contributed by atoms with E-state index in [1.54, 1.807) is 0 Å². The van der Waals surface area contributed by atoms with Gasteiger partial charge < -0.3 is 10.4 Å². The number of fused-ring (bicyclic) bond motifs is 1. The Hall–Kier alpha value is -1.65. The highest BCUT2D eigenvalue weighted by Crippen LogP contribution is 2.22. The predicted molar refractivity (Wildman–Crippen MR) is 65.0 cm³/mol. The molecule has 0 saturated heterocycles. The summed E-state index contributed by atoms with van der Waals surface area (Å²) in [5.74, 6) is 0. The van der Waals surface area contributed by atoms with E-state index in [0.29, 0.717) is 6.54 Å². The van der Waals surface area contributed by atoms with E-state index in [-0.39, 0.29) is 0 Å². The first-order valence-electron chi connectivity index (χ1n) is 5.78. The molecule has 0 bridgehead atoms. The molecule has 88 valence electrons. The van der Waals surface area contributed by atoms with Gasteiger partial charge in [0.1, 0.15) is 0 Å². The molecular formula is C13H15N3O. The molecule has 1 aliphatic rings. The van der Waals surface area contributed by atoms with Crippen LogP contribution in [0.1, 0.15) is 22.9 Å². The molecule has 4 heteroatoms. The molecule has 0 amide bonds. The minimum absolute atomic E-state index is 0.447. The minimum atomic E-state index is -0.447. The van der Waals surface area contributed by atoms with Crippen LogP contribution in [0.15, 0.2) is 30.5 Å². The van der Waals surface area contributed by atoms with Gasteiger partial charge in [0.15, 0.2) is 0 Å². The summed E-state index contributed by atoms with van der Waals surface area (Å²) in [6.45, 7) is 3.39. The van der Waals surface area contributed by atoms with Crippen LogP contribution in [0.4, 0.5) is 0 Å². The molecule has 0 radical (unpaired) electrons. The van der Waals surface area contributed by atoms with Crippen LogP contribution < -0.4 is 5.32 Å². The van der Waals surface area contributed by atoms with Gasteiger partial charge in [-0.1, -0.05) is 12.1 Å². The third kappa shape index (κ3) is 1.85. The molecule has 4 nitrogen and oxygen atoms in total. The number of rotatable bonds is 1. The minimum Gasteiger partial charge on any atom is -0.387 e. The summed E-state index contributed by atoms with van der Waals surface area (Å²) >= 11 is 0. The topological polar surface area (TPSA) is 50.1 Å². The third-order valence-electron chi connectivity index (χ3n) is 3.08. The van der Waals surface area contributed by atoms with Crippen molar-refractivity contribution in [3.05, 3.63) is 47.3 Å². The van der Waals surface area contributed by atoms with Crippen molar-refractivity contribution in [3.63, 3.8) is 0 Å². The summed E-state index contributed by atoms with van der Waals surface area (Å²) in [5.41, 5.74) is 4.11. The van der Waals surface area contributed by atoms with Gasteiger partial charge in [0.05, 0.1) is 17.5 Å². The Balaban J connectivity index is 2.05. The molecule has 0 spiro atoms. The van der Waals surface area contributed by atoms with E-state index in [0.717, 1.165) is 23.5 Å². The fourth-order valence-electron chi connectivity index (χ4n) is 2.18. The zero-order chi connectivity index (χ0) is 11.8. The van der Waals surface area contributed by atoms with Crippen molar-refractivity contribution >= 4 is 0 Å². The Morgan fingerprint density at radius 1 is 1.47 bits per heavy atom. The molecule has 17 heavy (non-hydrogen) atoms. The maximum absolute atomic E-state index is 9.86. The number of aryl methyl sites for hydroxylation is 1. The van der Waals surface area contributed by atoms with E-state index in [1.807, 2.05) is 23.0 Å². The van der Waals surface area contributed by atoms with Crippen LogP contribution in [0.25, 0.3) is 5.69 Å². The maximum Gasteiger partial charge on any atom is 0.0948 e. The number of hydrogen-bond donors (Lipinski definition) is 2. The first-order valence-corrected chi connectivity index (χ1v) is 5.78. The molecule has 1 aromatic carbocycles. The lowest BCUT2D eigenvalue weighted by Gasteiger charge is -2.16. The lowest BCUT2D eigenvalue weighted by molar-refractivity contribution is 0.165. The normalized spacial score (nSPS) is 19.1. The lowest BCUT2D eigenvalue weighted by atomic mass is 10.1. The SMILES string of the molecule is Cc1cccc(-n2cc3c(n2)CNCC3O)c1. The molecule has 0 fully saturated rings. The molecule has 0 saturated carbocycles. The molecule has 2 heterocycles. The predicted octanol–water partition coefficient (Wildman–Crippen LogP) is 1.32. The van der Waals surface area contributed by atoms with Crippen LogP contribution in [-0.2, 0) is 6.54 Å². The smallest absolute Gasteiger partial charge is 0.0948 e. The Labute approximate surface area is 99.9 Å². The standard InChI is InChI=1S/C13H15N3O/c1-9-3-2-4-10(5-9)16-8-11-12(15-16)6-14-7-13(11)17/h2-5,8,13-14,17H,6-7H2,1H3. The molecule has 1 aromatic heterocycles. The van der Waals surface area contributed by atoms with E-state index in [9.17, 15) is 5.11 Å². The number of nitrogens with one attached hydrogen (secondary N) is 1. The zero-order valence-corrected chi connectivity index (χ0v) is 9.72. The van der Waals surface area contributed by atoms with Gasteiger partial charge in [-0.25, -0.2) is 4.68 Å². The highest BCUT2D eigenvalue weighted by molar-refractivity contribution is 5.37. The Bertz CT molecular complexity index is 547. The van der Waals surface area contributed by atoms with E-state index in [2.05, 4.69) is 29.5 Å². The summed E-state index contributed by atoms with van der Waals surface area (Å²) in [6.07, 6.45) is 1.48. The summed E-state index contributed by atoms with van der Waals surface area (Å²) in [6, 6.07) is 8.17. The maximum atomic E-state index is 9.86. The van der Waals surface area contributed by atoms with Crippen LogP contribution in [-0.4, -0.2) is 21.4 Å². The molecule has 2 N–H and O–H groups in total. The second kappa shape index (κ2) is 3.98. The summed E-state index contributed by atoms with van der Waals surface area (Å²) in [4.78, 5) is 0. The third-order valence-corrected chi connectivity index (χ3v) is 3.08. The molecule has 1 aliphatic heterocycles. The van der Waals surface area contributed by atoms with Gasteiger partial charge in [0.25, 0.3) is 0 Å². The van der Waals surface area contributed by atoms with Gasteiger partial charge in [-0.2, -0.15) is 5.10 Å². The van der Waals surface area contributed by atoms with Gasteiger partial charge in [0.2, 0.25) is 0 Å². The van der Waals surface area contributed by atoms with Crippen LogP contribution in [0.3, 0.4) is 0 Å². The Morgan fingerprint density at radius 2 is 2.35 bits per heavy atom.